The van der Waals surface area contributed by atoms with Crippen LogP contribution in [0.1, 0.15) is 31.2 Å². The summed E-state index contributed by atoms with van der Waals surface area (Å²) in [7, 11) is 0. The van der Waals surface area contributed by atoms with E-state index in [1.54, 1.807) is 6.92 Å². The molecule has 1 saturated carbocycles. The van der Waals surface area contributed by atoms with Crippen molar-refractivity contribution in [3.05, 3.63) is 34.9 Å². The SMILES string of the molecule is CCO.Clc1ccc(C2CC2)cc1. The zero-order valence-electron chi connectivity index (χ0n) is 7.83. The van der Waals surface area contributed by atoms with Crippen LogP contribution in [0.5, 0.6) is 0 Å². The molecule has 13 heavy (non-hydrogen) atoms. The second-order valence-corrected chi connectivity index (χ2v) is 3.58. The summed E-state index contributed by atoms with van der Waals surface area (Å²) in [6, 6.07) is 8.18. The summed E-state index contributed by atoms with van der Waals surface area (Å²) in [6.07, 6.45) is 2.73. The van der Waals surface area contributed by atoms with Crippen molar-refractivity contribution >= 4 is 11.6 Å². The Hall–Kier alpha value is -0.530. The van der Waals surface area contributed by atoms with Crippen molar-refractivity contribution < 1.29 is 5.11 Å². The van der Waals surface area contributed by atoms with Gasteiger partial charge in [-0.15, -0.1) is 0 Å². The molecule has 1 aromatic rings. The van der Waals surface area contributed by atoms with Gasteiger partial charge in [-0.1, -0.05) is 23.7 Å². The third-order valence-corrected chi connectivity index (χ3v) is 2.17. The van der Waals surface area contributed by atoms with Gasteiger partial charge < -0.3 is 5.11 Å². The summed E-state index contributed by atoms with van der Waals surface area (Å²) in [5.74, 6) is 0.845. The van der Waals surface area contributed by atoms with Gasteiger partial charge in [0.2, 0.25) is 0 Å². The predicted octanol–water partition coefficient (Wildman–Crippen LogP) is 3.22. The van der Waals surface area contributed by atoms with Crippen LogP contribution in [0.25, 0.3) is 0 Å². The molecule has 1 aliphatic carbocycles. The fourth-order valence-corrected chi connectivity index (χ4v) is 1.28. The van der Waals surface area contributed by atoms with E-state index in [1.165, 1.54) is 18.4 Å². The first-order chi connectivity index (χ1) is 6.27. The molecule has 0 amide bonds. The highest BCUT2D eigenvalue weighted by Crippen LogP contribution is 2.40. The lowest BCUT2D eigenvalue weighted by Gasteiger charge is -1.95. The molecule has 0 aromatic heterocycles. The van der Waals surface area contributed by atoms with E-state index in [2.05, 4.69) is 12.1 Å². The number of aliphatic hydroxyl groups is 1. The van der Waals surface area contributed by atoms with Gasteiger partial charge in [-0.2, -0.15) is 0 Å². The minimum absolute atomic E-state index is 0.250. The van der Waals surface area contributed by atoms with E-state index >= 15 is 0 Å². The van der Waals surface area contributed by atoms with Crippen LogP contribution in [0, 0.1) is 0 Å². The zero-order chi connectivity index (χ0) is 9.68. The molecule has 72 valence electrons. The van der Waals surface area contributed by atoms with E-state index in [1.807, 2.05) is 12.1 Å². The summed E-state index contributed by atoms with van der Waals surface area (Å²) in [5, 5.41) is 8.41. The Morgan fingerprint density at radius 3 is 2.15 bits per heavy atom. The lowest BCUT2D eigenvalue weighted by molar-refractivity contribution is 0.318. The third kappa shape index (κ3) is 3.79. The van der Waals surface area contributed by atoms with Crippen LogP contribution < -0.4 is 0 Å². The number of hydrogen-bond donors (Lipinski definition) is 1. The van der Waals surface area contributed by atoms with E-state index < -0.39 is 0 Å². The molecule has 1 N–H and O–H groups in total. The van der Waals surface area contributed by atoms with Crippen LogP contribution in [0.15, 0.2) is 24.3 Å². The monoisotopic (exact) mass is 198 g/mol. The zero-order valence-corrected chi connectivity index (χ0v) is 8.59. The summed E-state index contributed by atoms with van der Waals surface area (Å²) >= 11 is 5.74. The first-order valence-electron chi connectivity index (χ1n) is 4.64. The van der Waals surface area contributed by atoms with E-state index in [0.29, 0.717) is 0 Å². The van der Waals surface area contributed by atoms with Gasteiger partial charge in [0.15, 0.2) is 0 Å². The van der Waals surface area contributed by atoms with Crippen LogP contribution in [-0.4, -0.2) is 11.7 Å². The maximum absolute atomic E-state index is 7.57. The number of hydrogen-bond acceptors (Lipinski definition) is 1. The van der Waals surface area contributed by atoms with Gasteiger partial charge in [-0.05, 0) is 43.4 Å². The number of aliphatic hydroxyl groups excluding tert-OH is 1. The molecule has 0 unspecified atom stereocenters. The lowest BCUT2D eigenvalue weighted by atomic mass is 10.1. The molecule has 0 radical (unpaired) electrons. The van der Waals surface area contributed by atoms with E-state index in [0.717, 1.165) is 10.9 Å². The molecular weight excluding hydrogens is 184 g/mol. The Labute approximate surface area is 84.4 Å². The number of halogens is 1. The predicted molar refractivity (Wildman–Crippen MR) is 56.2 cm³/mol. The van der Waals surface area contributed by atoms with E-state index in [-0.39, 0.29) is 6.61 Å². The van der Waals surface area contributed by atoms with Crippen molar-refractivity contribution in [2.75, 3.05) is 6.61 Å². The highest BCUT2D eigenvalue weighted by Gasteiger charge is 2.22. The fraction of sp³-hybridized carbons (Fsp3) is 0.455. The van der Waals surface area contributed by atoms with Crippen LogP contribution in [0.2, 0.25) is 5.02 Å². The second-order valence-electron chi connectivity index (χ2n) is 3.14. The van der Waals surface area contributed by atoms with Crippen molar-refractivity contribution in [1.82, 2.24) is 0 Å². The maximum Gasteiger partial charge on any atom is 0.0406 e. The van der Waals surface area contributed by atoms with Crippen LogP contribution in [0.3, 0.4) is 0 Å². The van der Waals surface area contributed by atoms with Crippen molar-refractivity contribution in [3.8, 4) is 0 Å². The number of rotatable bonds is 1. The molecule has 1 aromatic carbocycles. The van der Waals surface area contributed by atoms with Crippen LogP contribution in [-0.2, 0) is 0 Å². The number of benzene rings is 1. The molecule has 2 rings (SSSR count). The second kappa shape index (κ2) is 5.25. The Balaban J connectivity index is 0.000000251. The molecule has 0 aliphatic heterocycles. The highest BCUT2D eigenvalue weighted by atomic mass is 35.5. The molecule has 1 aliphatic rings. The van der Waals surface area contributed by atoms with Crippen molar-refractivity contribution in [2.45, 2.75) is 25.7 Å². The minimum atomic E-state index is 0.250. The molecule has 0 bridgehead atoms. The van der Waals surface area contributed by atoms with Crippen LogP contribution >= 0.6 is 11.6 Å². The average molecular weight is 199 g/mol. The Bertz CT molecular complexity index is 239. The first kappa shape index (κ1) is 10.6. The molecule has 1 fully saturated rings. The topological polar surface area (TPSA) is 20.2 Å². The van der Waals surface area contributed by atoms with Gasteiger partial charge in [0.05, 0.1) is 0 Å². The Morgan fingerprint density at radius 2 is 1.77 bits per heavy atom. The van der Waals surface area contributed by atoms with Gasteiger partial charge in [0.25, 0.3) is 0 Å². The van der Waals surface area contributed by atoms with E-state index in [9.17, 15) is 0 Å². The van der Waals surface area contributed by atoms with Crippen molar-refractivity contribution in [2.24, 2.45) is 0 Å². The molecule has 0 heterocycles. The summed E-state index contributed by atoms with van der Waals surface area (Å²) < 4.78 is 0. The van der Waals surface area contributed by atoms with Gasteiger partial charge in [0.1, 0.15) is 0 Å². The molecule has 2 heteroatoms. The molecule has 0 atom stereocenters. The normalized spacial score (nSPS) is 14.7. The average Bonchev–Trinajstić information content (AvgIpc) is 2.90. The van der Waals surface area contributed by atoms with E-state index in [4.69, 9.17) is 16.7 Å². The summed E-state index contributed by atoms with van der Waals surface area (Å²) in [6.45, 7) is 1.93. The molecule has 0 spiro atoms. The smallest absolute Gasteiger partial charge is 0.0406 e. The largest absolute Gasteiger partial charge is 0.397 e. The molecule has 1 nitrogen and oxygen atoms in total. The standard InChI is InChI=1S/C9H9Cl.C2H6O/c10-9-5-3-8(4-6-9)7-1-2-7;1-2-3/h3-7H,1-2H2;3H,2H2,1H3. The van der Waals surface area contributed by atoms with Gasteiger partial charge >= 0.3 is 0 Å². The van der Waals surface area contributed by atoms with Crippen LogP contribution in [0.4, 0.5) is 0 Å². The summed E-state index contributed by atoms with van der Waals surface area (Å²) in [4.78, 5) is 0. The quantitative estimate of drug-likeness (QED) is 0.735. The Kier molecular flexibility index (Phi) is 4.26. The lowest BCUT2D eigenvalue weighted by Crippen LogP contribution is -1.75. The summed E-state index contributed by atoms with van der Waals surface area (Å²) in [5.41, 5.74) is 1.45. The fourth-order valence-electron chi connectivity index (χ4n) is 1.15. The van der Waals surface area contributed by atoms with Crippen molar-refractivity contribution in [1.29, 1.82) is 0 Å². The maximum atomic E-state index is 7.57. The third-order valence-electron chi connectivity index (χ3n) is 1.92. The first-order valence-corrected chi connectivity index (χ1v) is 5.02. The molecular formula is C11H15ClO. The molecule has 0 saturated heterocycles. The minimum Gasteiger partial charge on any atom is -0.397 e. The Morgan fingerprint density at radius 1 is 1.31 bits per heavy atom. The van der Waals surface area contributed by atoms with Gasteiger partial charge in [-0.3, -0.25) is 0 Å². The van der Waals surface area contributed by atoms with Crippen molar-refractivity contribution in [3.63, 3.8) is 0 Å². The highest BCUT2D eigenvalue weighted by molar-refractivity contribution is 6.30. The van der Waals surface area contributed by atoms with Gasteiger partial charge in [-0.25, -0.2) is 0 Å². The van der Waals surface area contributed by atoms with Gasteiger partial charge in [0, 0.05) is 11.6 Å².